The molecule has 0 fully saturated rings. The van der Waals surface area contributed by atoms with E-state index in [1.165, 1.54) is 0 Å². The first kappa shape index (κ1) is 14.4. The van der Waals surface area contributed by atoms with Gasteiger partial charge in [0, 0.05) is 10.0 Å². The molecule has 0 N–H and O–H groups in total. The molecule has 0 aromatic heterocycles. The molecule has 0 saturated carbocycles. The normalized spacial score (nSPS) is 12.6. The lowest BCUT2D eigenvalue weighted by Gasteiger charge is -2.14. The maximum absolute atomic E-state index is 12.5. The van der Waals surface area contributed by atoms with E-state index in [0.29, 0.717) is 12.1 Å². The maximum atomic E-state index is 12.5. The van der Waals surface area contributed by atoms with Crippen LogP contribution in [0, 0.1) is 0 Å². The molecule has 8 heteroatoms. The summed E-state index contributed by atoms with van der Waals surface area (Å²) in [6.45, 7) is 0. The molecule has 0 bridgehead atoms. The third-order valence-electron chi connectivity index (χ3n) is 1.79. The summed E-state index contributed by atoms with van der Waals surface area (Å²) in [4.78, 5) is 11.0. The average Bonchev–Trinajstić information content (AvgIpc) is 2.14. The number of halogens is 7. The van der Waals surface area contributed by atoms with E-state index in [1.807, 2.05) is 0 Å². The van der Waals surface area contributed by atoms with Gasteiger partial charge in [0.25, 0.3) is 0 Å². The third kappa shape index (κ3) is 3.38. The summed E-state index contributed by atoms with van der Waals surface area (Å²) in [6, 6.07) is 2.23. The Morgan fingerprint density at radius 1 is 1.18 bits per heavy atom. The van der Waals surface area contributed by atoms with Crippen molar-refractivity contribution in [3.8, 4) is 0 Å². The topological polar surface area (TPSA) is 17.1 Å². The number of hydrogen-bond donors (Lipinski definition) is 0. The first-order chi connectivity index (χ1) is 7.53. The van der Waals surface area contributed by atoms with E-state index >= 15 is 0 Å². The van der Waals surface area contributed by atoms with Gasteiger partial charge in [0.1, 0.15) is 0 Å². The average molecular weight is 337 g/mol. The van der Waals surface area contributed by atoms with Crippen molar-refractivity contribution in [1.82, 2.24) is 0 Å². The van der Waals surface area contributed by atoms with E-state index in [4.69, 9.17) is 0 Å². The lowest BCUT2D eigenvalue weighted by atomic mass is 10.0. The Balaban J connectivity index is 3.40. The fourth-order valence-electron chi connectivity index (χ4n) is 1.10. The number of alkyl halides is 6. The van der Waals surface area contributed by atoms with Crippen LogP contribution >= 0.6 is 27.5 Å². The van der Waals surface area contributed by atoms with Gasteiger partial charge in [-0.25, -0.2) is 0 Å². The SMILES string of the molecule is O=C(c1ccc(Br)cc1C(F)(F)F)C(F)(F)Cl. The number of benzene rings is 1. The summed E-state index contributed by atoms with van der Waals surface area (Å²) in [5.41, 5.74) is -2.63. The summed E-state index contributed by atoms with van der Waals surface area (Å²) in [5, 5.41) is -4.37. The van der Waals surface area contributed by atoms with Gasteiger partial charge in [-0.2, -0.15) is 22.0 Å². The zero-order chi connectivity index (χ0) is 13.4. The van der Waals surface area contributed by atoms with Gasteiger partial charge < -0.3 is 0 Å². The Morgan fingerprint density at radius 3 is 2.12 bits per heavy atom. The van der Waals surface area contributed by atoms with E-state index in [-0.39, 0.29) is 4.47 Å². The number of ketones is 1. The highest BCUT2D eigenvalue weighted by atomic mass is 79.9. The second-order valence-electron chi connectivity index (χ2n) is 3.01. The van der Waals surface area contributed by atoms with Crippen LogP contribution in [0.5, 0.6) is 0 Å². The highest BCUT2D eigenvalue weighted by Crippen LogP contribution is 2.36. The van der Waals surface area contributed by atoms with Crippen LogP contribution in [0.1, 0.15) is 15.9 Å². The van der Waals surface area contributed by atoms with Crippen molar-refractivity contribution in [1.29, 1.82) is 0 Å². The van der Waals surface area contributed by atoms with Crippen LogP contribution in [0.3, 0.4) is 0 Å². The number of carbonyl (C=O) groups excluding carboxylic acids is 1. The zero-order valence-electron chi connectivity index (χ0n) is 7.79. The molecule has 17 heavy (non-hydrogen) atoms. The Bertz CT molecular complexity index is 452. The molecule has 0 radical (unpaired) electrons. The van der Waals surface area contributed by atoms with Crippen LogP contribution < -0.4 is 0 Å². The van der Waals surface area contributed by atoms with E-state index in [9.17, 15) is 26.7 Å². The first-order valence-corrected chi connectivity index (χ1v) is 5.19. The Morgan fingerprint density at radius 2 is 1.71 bits per heavy atom. The molecule has 94 valence electrons. The van der Waals surface area contributed by atoms with Crippen molar-refractivity contribution in [3.63, 3.8) is 0 Å². The quantitative estimate of drug-likeness (QED) is 0.442. The molecule has 0 unspecified atom stereocenters. The van der Waals surface area contributed by atoms with Gasteiger partial charge in [0.2, 0.25) is 5.78 Å². The van der Waals surface area contributed by atoms with Gasteiger partial charge in [0.15, 0.2) is 0 Å². The predicted molar refractivity (Wildman–Crippen MR) is 54.3 cm³/mol. The molecule has 0 atom stereocenters. The summed E-state index contributed by atoms with van der Waals surface area (Å²) < 4.78 is 62.6. The predicted octanol–water partition coefficient (Wildman–Crippen LogP) is 4.48. The van der Waals surface area contributed by atoms with Gasteiger partial charge in [-0.15, -0.1) is 0 Å². The second-order valence-corrected chi connectivity index (χ2v) is 4.40. The largest absolute Gasteiger partial charge is 0.417 e. The number of hydrogen-bond acceptors (Lipinski definition) is 1. The molecule has 1 aromatic rings. The number of Topliss-reactive ketones (excluding diaryl/α,β-unsaturated/α-hetero) is 1. The molecule has 0 aliphatic carbocycles. The van der Waals surface area contributed by atoms with Crippen LogP contribution in [0.25, 0.3) is 0 Å². The zero-order valence-corrected chi connectivity index (χ0v) is 10.1. The summed E-state index contributed by atoms with van der Waals surface area (Å²) in [7, 11) is 0. The smallest absolute Gasteiger partial charge is 0.286 e. The first-order valence-electron chi connectivity index (χ1n) is 4.02. The minimum atomic E-state index is -4.92. The van der Waals surface area contributed by atoms with Crippen LogP contribution in [-0.2, 0) is 6.18 Å². The van der Waals surface area contributed by atoms with Crippen LogP contribution in [0.15, 0.2) is 22.7 Å². The van der Waals surface area contributed by atoms with E-state index in [2.05, 4.69) is 27.5 Å². The van der Waals surface area contributed by atoms with Crippen molar-refractivity contribution in [2.75, 3.05) is 0 Å². The molecule has 0 heterocycles. The molecule has 1 nitrogen and oxygen atoms in total. The van der Waals surface area contributed by atoms with E-state index in [0.717, 1.165) is 6.07 Å². The van der Waals surface area contributed by atoms with Crippen molar-refractivity contribution in [2.45, 2.75) is 11.6 Å². The van der Waals surface area contributed by atoms with E-state index in [1.54, 1.807) is 0 Å². The molecule has 1 aromatic carbocycles. The van der Waals surface area contributed by atoms with Crippen LogP contribution in [-0.4, -0.2) is 11.2 Å². The van der Waals surface area contributed by atoms with Gasteiger partial charge >= 0.3 is 11.6 Å². The fourth-order valence-corrected chi connectivity index (χ4v) is 1.56. The molecule has 0 amide bonds. The lowest BCUT2D eigenvalue weighted by molar-refractivity contribution is -0.138. The minimum Gasteiger partial charge on any atom is -0.286 e. The third-order valence-corrected chi connectivity index (χ3v) is 2.45. The van der Waals surface area contributed by atoms with Gasteiger partial charge in [0.05, 0.1) is 5.56 Å². The molecule has 0 saturated heterocycles. The molecule has 0 aliphatic rings. The summed E-state index contributed by atoms with van der Waals surface area (Å²) >= 11 is 7.17. The Labute approximate surface area is 106 Å². The molecular formula is C9H3BrClF5O. The van der Waals surface area contributed by atoms with Crippen LogP contribution in [0.2, 0.25) is 0 Å². The standard InChI is InChI=1S/C9H3BrClF5O/c10-4-1-2-5(7(17)8(11,12)13)6(3-4)9(14,15)16/h1-3H. The van der Waals surface area contributed by atoms with Gasteiger partial charge in [-0.05, 0) is 29.8 Å². The minimum absolute atomic E-state index is 0.0132. The second kappa shape index (κ2) is 4.53. The fraction of sp³-hybridized carbons (Fsp3) is 0.222. The summed E-state index contributed by atoms with van der Waals surface area (Å²) in [5.74, 6) is -2.08. The van der Waals surface area contributed by atoms with Crippen molar-refractivity contribution < 1.29 is 26.7 Å². The highest BCUT2D eigenvalue weighted by Gasteiger charge is 2.43. The molecule has 0 aliphatic heterocycles. The number of rotatable bonds is 2. The Kier molecular flexibility index (Phi) is 3.83. The highest BCUT2D eigenvalue weighted by molar-refractivity contribution is 9.10. The van der Waals surface area contributed by atoms with Gasteiger partial charge in [-0.1, -0.05) is 15.9 Å². The van der Waals surface area contributed by atoms with Crippen molar-refractivity contribution in [3.05, 3.63) is 33.8 Å². The monoisotopic (exact) mass is 336 g/mol. The van der Waals surface area contributed by atoms with Gasteiger partial charge in [-0.3, -0.25) is 4.79 Å². The Hall–Kier alpha value is -0.690. The lowest BCUT2D eigenvalue weighted by Crippen LogP contribution is -2.25. The number of carbonyl (C=O) groups is 1. The maximum Gasteiger partial charge on any atom is 0.417 e. The van der Waals surface area contributed by atoms with Crippen LogP contribution in [0.4, 0.5) is 22.0 Å². The molecule has 0 spiro atoms. The van der Waals surface area contributed by atoms with Crippen molar-refractivity contribution in [2.24, 2.45) is 0 Å². The molecule has 1 rings (SSSR count). The summed E-state index contributed by atoms with van der Waals surface area (Å²) in [6.07, 6.45) is -4.92. The van der Waals surface area contributed by atoms with Crippen molar-refractivity contribution >= 4 is 33.3 Å². The molecular weight excluding hydrogens is 334 g/mol. The van der Waals surface area contributed by atoms with E-state index < -0.39 is 28.5 Å².